The molecule has 0 aliphatic carbocycles. The van der Waals surface area contributed by atoms with E-state index in [2.05, 4.69) is 17.8 Å². The Morgan fingerprint density at radius 1 is 1.00 bits per heavy atom. The van der Waals surface area contributed by atoms with Crippen LogP contribution in [-0.4, -0.2) is 4.98 Å². The number of hydrogen-bond acceptors (Lipinski definition) is 2. The van der Waals surface area contributed by atoms with Crippen LogP contribution >= 0.6 is 11.6 Å². The van der Waals surface area contributed by atoms with Gasteiger partial charge in [-0.2, -0.15) is 0 Å². The first kappa shape index (κ1) is 20.0. The van der Waals surface area contributed by atoms with Gasteiger partial charge in [-0.05, 0) is 61.6 Å². The topological polar surface area (TPSA) is 22.1 Å². The Morgan fingerprint density at radius 2 is 1.75 bits per heavy atom. The number of para-hydroxylation sites is 1. The molecule has 2 nitrogen and oxygen atoms in total. The molecule has 3 rings (SSSR count). The highest BCUT2D eigenvalue weighted by Crippen LogP contribution is 2.33. The fourth-order valence-electron chi connectivity index (χ4n) is 3.39. The van der Waals surface area contributed by atoms with Crippen molar-refractivity contribution in [3.8, 4) is 24.0 Å². The van der Waals surface area contributed by atoms with Crippen molar-refractivity contribution in [1.29, 1.82) is 0 Å². The van der Waals surface area contributed by atoms with Crippen molar-refractivity contribution in [3.05, 3.63) is 89.1 Å². The average Bonchev–Trinajstić information content (AvgIpc) is 2.73. The Hall–Kier alpha value is -2.76. The van der Waals surface area contributed by atoms with Crippen LogP contribution in [0.2, 0.25) is 5.02 Å². The number of aryl methyl sites for hydroxylation is 1. The maximum Gasteiger partial charge on any atom is 0.219 e. The molecular weight excluding hydrogens is 366 g/mol. The van der Waals surface area contributed by atoms with Crippen LogP contribution in [0.1, 0.15) is 37.4 Å². The number of rotatable bonds is 8. The van der Waals surface area contributed by atoms with Crippen molar-refractivity contribution < 1.29 is 4.74 Å². The number of halogens is 1. The van der Waals surface area contributed by atoms with Crippen LogP contribution in [-0.2, 0) is 11.8 Å². The average molecular weight is 390 g/mol. The Kier molecular flexibility index (Phi) is 6.74. The van der Waals surface area contributed by atoms with E-state index in [1.54, 1.807) is 0 Å². The number of ether oxygens (including phenoxy) is 1. The van der Waals surface area contributed by atoms with Gasteiger partial charge in [-0.15, -0.1) is 6.42 Å². The van der Waals surface area contributed by atoms with Crippen LogP contribution < -0.4 is 4.74 Å². The Labute approximate surface area is 172 Å². The van der Waals surface area contributed by atoms with Gasteiger partial charge in [0.15, 0.2) is 0 Å². The van der Waals surface area contributed by atoms with Crippen molar-refractivity contribution in [2.75, 3.05) is 0 Å². The molecule has 0 spiro atoms. The molecule has 2 aromatic carbocycles. The van der Waals surface area contributed by atoms with Gasteiger partial charge in [0.2, 0.25) is 5.88 Å². The predicted molar refractivity (Wildman–Crippen MR) is 116 cm³/mol. The number of benzene rings is 2. The van der Waals surface area contributed by atoms with Gasteiger partial charge in [0, 0.05) is 16.8 Å². The standard InChI is InChI=1S/C25H24ClNO/c1-3-25(4-2,20-15-17-21(26)18-16-20)19-9-11-22-10-8-14-24(27-22)28-23-12-6-5-7-13-23/h1,5-8,10,12-18H,4,9,11,19H2,2H3. The monoisotopic (exact) mass is 389 g/mol. The van der Waals surface area contributed by atoms with Gasteiger partial charge in [0.05, 0.1) is 5.41 Å². The summed E-state index contributed by atoms with van der Waals surface area (Å²) in [6.45, 7) is 2.14. The molecule has 28 heavy (non-hydrogen) atoms. The minimum absolute atomic E-state index is 0.275. The van der Waals surface area contributed by atoms with E-state index in [1.165, 1.54) is 0 Å². The van der Waals surface area contributed by atoms with Crippen LogP contribution in [0.5, 0.6) is 11.6 Å². The molecule has 1 heterocycles. The fraction of sp³-hybridized carbons (Fsp3) is 0.240. The quantitative estimate of drug-likeness (QED) is 0.394. The molecule has 0 aliphatic rings. The second-order valence-corrected chi connectivity index (χ2v) is 7.26. The van der Waals surface area contributed by atoms with Gasteiger partial charge in [-0.1, -0.05) is 60.8 Å². The van der Waals surface area contributed by atoms with E-state index in [4.69, 9.17) is 22.8 Å². The predicted octanol–water partition coefficient (Wildman–Crippen LogP) is 6.83. The van der Waals surface area contributed by atoms with Crippen molar-refractivity contribution in [1.82, 2.24) is 4.98 Å². The minimum Gasteiger partial charge on any atom is -0.439 e. The zero-order valence-corrected chi connectivity index (χ0v) is 16.8. The molecule has 3 aromatic rings. The zero-order chi connectivity index (χ0) is 19.8. The largest absolute Gasteiger partial charge is 0.439 e. The van der Waals surface area contributed by atoms with Gasteiger partial charge in [-0.25, -0.2) is 4.98 Å². The fourth-order valence-corrected chi connectivity index (χ4v) is 3.51. The van der Waals surface area contributed by atoms with Crippen molar-refractivity contribution >= 4 is 11.6 Å². The lowest BCUT2D eigenvalue weighted by atomic mass is 9.75. The van der Waals surface area contributed by atoms with Crippen LogP contribution in [0, 0.1) is 12.3 Å². The maximum absolute atomic E-state index is 6.03. The maximum atomic E-state index is 6.03. The van der Waals surface area contributed by atoms with E-state index in [0.29, 0.717) is 5.88 Å². The number of terminal acetylenes is 1. The highest BCUT2D eigenvalue weighted by molar-refractivity contribution is 6.30. The summed E-state index contributed by atoms with van der Waals surface area (Å²) < 4.78 is 5.83. The number of hydrogen-bond donors (Lipinski definition) is 0. The molecule has 0 bridgehead atoms. The van der Waals surface area contributed by atoms with Gasteiger partial charge in [0.25, 0.3) is 0 Å². The van der Waals surface area contributed by atoms with E-state index in [9.17, 15) is 0 Å². The summed E-state index contributed by atoms with van der Waals surface area (Å²) in [7, 11) is 0. The summed E-state index contributed by atoms with van der Waals surface area (Å²) in [5, 5.41) is 0.727. The lowest BCUT2D eigenvalue weighted by Gasteiger charge is -2.28. The number of aromatic nitrogens is 1. The molecule has 0 radical (unpaired) electrons. The highest BCUT2D eigenvalue weighted by atomic mass is 35.5. The molecule has 3 heteroatoms. The third-order valence-electron chi connectivity index (χ3n) is 5.06. The van der Waals surface area contributed by atoms with Crippen molar-refractivity contribution in [3.63, 3.8) is 0 Å². The summed E-state index contributed by atoms with van der Waals surface area (Å²) in [5.74, 6) is 4.44. The Morgan fingerprint density at radius 3 is 2.43 bits per heavy atom. The van der Waals surface area contributed by atoms with Gasteiger partial charge in [0.1, 0.15) is 5.75 Å². The summed E-state index contributed by atoms with van der Waals surface area (Å²) in [6, 6.07) is 23.5. The zero-order valence-electron chi connectivity index (χ0n) is 16.1. The van der Waals surface area contributed by atoms with Crippen LogP contribution in [0.3, 0.4) is 0 Å². The third-order valence-corrected chi connectivity index (χ3v) is 5.31. The van der Waals surface area contributed by atoms with E-state index < -0.39 is 0 Å². The molecule has 1 atom stereocenters. The van der Waals surface area contributed by atoms with E-state index in [1.807, 2.05) is 72.8 Å². The third kappa shape index (κ3) is 4.94. The molecule has 1 aromatic heterocycles. The molecule has 0 aliphatic heterocycles. The van der Waals surface area contributed by atoms with E-state index in [0.717, 1.165) is 47.7 Å². The smallest absolute Gasteiger partial charge is 0.219 e. The summed E-state index contributed by atoms with van der Waals surface area (Å²) in [4.78, 5) is 4.63. The number of pyridine rings is 1. The second-order valence-electron chi connectivity index (χ2n) is 6.82. The first-order valence-electron chi connectivity index (χ1n) is 9.58. The van der Waals surface area contributed by atoms with Gasteiger partial charge >= 0.3 is 0 Å². The molecule has 0 fully saturated rings. The molecule has 0 saturated heterocycles. The van der Waals surface area contributed by atoms with Gasteiger partial charge in [-0.3, -0.25) is 0 Å². The highest BCUT2D eigenvalue weighted by Gasteiger charge is 2.27. The van der Waals surface area contributed by atoms with Crippen LogP contribution in [0.25, 0.3) is 0 Å². The molecule has 1 unspecified atom stereocenters. The van der Waals surface area contributed by atoms with E-state index in [-0.39, 0.29) is 5.41 Å². The summed E-state index contributed by atoms with van der Waals surface area (Å²) >= 11 is 6.03. The minimum atomic E-state index is -0.275. The van der Waals surface area contributed by atoms with Crippen molar-refractivity contribution in [2.24, 2.45) is 0 Å². The summed E-state index contributed by atoms with van der Waals surface area (Å²) in [5.41, 5.74) is 1.88. The molecule has 142 valence electrons. The normalized spacial score (nSPS) is 12.8. The van der Waals surface area contributed by atoms with E-state index >= 15 is 0 Å². The SMILES string of the molecule is C#CC(CC)(CCCc1cccc(Oc2ccccc2)n1)c1ccc(Cl)cc1. The van der Waals surface area contributed by atoms with Crippen molar-refractivity contribution in [2.45, 2.75) is 38.0 Å². The first-order chi connectivity index (χ1) is 13.6. The second kappa shape index (κ2) is 9.44. The first-order valence-corrected chi connectivity index (χ1v) is 9.95. The van der Waals surface area contributed by atoms with Gasteiger partial charge < -0.3 is 4.74 Å². The van der Waals surface area contributed by atoms with Crippen LogP contribution in [0.4, 0.5) is 0 Å². The Bertz CT molecular complexity index is 931. The molecule has 0 N–H and O–H groups in total. The molecular formula is C25H24ClNO. The summed E-state index contributed by atoms with van der Waals surface area (Å²) in [6.07, 6.45) is 9.54. The number of nitrogens with zero attached hydrogens (tertiary/aromatic N) is 1. The van der Waals surface area contributed by atoms with Crippen LogP contribution in [0.15, 0.2) is 72.8 Å². The lowest BCUT2D eigenvalue weighted by Crippen LogP contribution is -2.23. The molecule has 0 amide bonds. The molecule has 0 saturated carbocycles. The Balaban J connectivity index is 1.65. The lowest BCUT2D eigenvalue weighted by molar-refractivity contribution is 0.455.